The zero-order chi connectivity index (χ0) is 21.6. The fourth-order valence-electron chi connectivity index (χ4n) is 5.80. The van der Waals surface area contributed by atoms with Gasteiger partial charge >= 0.3 is 11.9 Å². The summed E-state index contributed by atoms with van der Waals surface area (Å²) >= 11 is 1.47. The maximum atomic E-state index is 13.2. The zero-order valence-corrected chi connectivity index (χ0v) is 18.7. The van der Waals surface area contributed by atoms with Crippen LogP contribution in [0.1, 0.15) is 73.7 Å². The summed E-state index contributed by atoms with van der Waals surface area (Å²) in [6.07, 6.45) is 6.23. The monoisotopic (exact) mass is 433 g/mol. The number of rotatable bonds is 6. The highest BCUT2D eigenvalue weighted by molar-refractivity contribution is 7.17. The van der Waals surface area contributed by atoms with Gasteiger partial charge in [-0.2, -0.15) is 0 Å². The van der Waals surface area contributed by atoms with E-state index >= 15 is 0 Å². The van der Waals surface area contributed by atoms with Crippen LogP contribution in [-0.2, 0) is 27.2 Å². The van der Waals surface area contributed by atoms with E-state index in [0.29, 0.717) is 16.5 Å². The van der Waals surface area contributed by atoms with Crippen molar-refractivity contribution in [2.45, 2.75) is 71.8 Å². The molecule has 4 rings (SSSR count). The van der Waals surface area contributed by atoms with Crippen LogP contribution in [0.15, 0.2) is 0 Å². The Morgan fingerprint density at radius 2 is 1.87 bits per heavy atom. The van der Waals surface area contributed by atoms with Crippen LogP contribution in [0.2, 0.25) is 0 Å². The predicted octanol–water partition coefficient (Wildman–Crippen LogP) is 4.51. The minimum atomic E-state index is -0.877. The summed E-state index contributed by atoms with van der Waals surface area (Å²) in [4.78, 5) is 39.1. The minimum Gasteiger partial charge on any atom is -0.481 e. The molecule has 2 saturated carbocycles. The summed E-state index contributed by atoms with van der Waals surface area (Å²) in [6, 6.07) is 0. The van der Waals surface area contributed by atoms with Gasteiger partial charge in [-0.05, 0) is 75.7 Å². The Balaban J connectivity index is 1.63. The molecule has 3 aliphatic rings. The fraction of sp³-hybridized carbons (Fsp3) is 0.696. The molecule has 1 aromatic rings. The Hall–Kier alpha value is -1.89. The lowest BCUT2D eigenvalue weighted by Gasteiger charge is -2.27. The molecule has 0 aromatic carbocycles. The second kappa shape index (κ2) is 8.33. The van der Waals surface area contributed by atoms with E-state index < -0.39 is 23.8 Å². The van der Waals surface area contributed by atoms with Crippen molar-refractivity contribution in [2.75, 3.05) is 5.32 Å². The lowest BCUT2D eigenvalue weighted by atomic mass is 9.78. The second-order valence-electron chi connectivity index (χ2n) is 9.39. The number of carbonyl (C=O) groups excluding carboxylic acids is 2. The molecule has 2 N–H and O–H groups in total. The standard InChI is InChI=1S/C23H31NO5S/c1-4-12-5-8-15-16(9-12)30-21(19(15)23(28)29-11(2)3)24-20(25)17-13-6-7-14(10-13)18(17)22(26)27/h11-14,17-18H,4-10H2,1-3H3,(H,24,25)(H,26,27)/t12-,13+,14-,17+,18-/m0/s1. The van der Waals surface area contributed by atoms with Gasteiger partial charge in [-0.3, -0.25) is 9.59 Å². The molecule has 7 heteroatoms. The van der Waals surface area contributed by atoms with Gasteiger partial charge in [0.2, 0.25) is 5.91 Å². The predicted molar refractivity (Wildman–Crippen MR) is 115 cm³/mol. The summed E-state index contributed by atoms with van der Waals surface area (Å²) < 4.78 is 5.49. The molecule has 2 fully saturated rings. The molecular formula is C23H31NO5S. The van der Waals surface area contributed by atoms with E-state index in [4.69, 9.17) is 4.74 Å². The van der Waals surface area contributed by atoms with E-state index in [9.17, 15) is 19.5 Å². The molecule has 0 spiro atoms. The van der Waals surface area contributed by atoms with Gasteiger partial charge in [0.05, 0.1) is 23.5 Å². The van der Waals surface area contributed by atoms with Crippen molar-refractivity contribution in [3.05, 3.63) is 16.0 Å². The number of aliphatic carboxylic acids is 1. The highest BCUT2D eigenvalue weighted by Gasteiger charge is 2.54. The van der Waals surface area contributed by atoms with Gasteiger partial charge in [-0.25, -0.2) is 4.79 Å². The number of carboxylic acids is 1. The number of anilines is 1. The lowest BCUT2D eigenvalue weighted by Crippen LogP contribution is -2.38. The van der Waals surface area contributed by atoms with Crippen LogP contribution in [-0.4, -0.2) is 29.1 Å². The number of carbonyl (C=O) groups is 3. The van der Waals surface area contributed by atoms with Crippen LogP contribution in [0.25, 0.3) is 0 Å². The van der Waals surface area contributed by atoms with Crippen molar-refractivity contribution >= 4 is 34.2 Å². The van der Waals surface area contributed by atoms with E-state index in [1.807, 2.05) is 13.8 Å². The summed E-state index contributed by atoms with van der Waals surface area (Å²) in [5.74, 6) is -1.84. The first-order chi connectivity index (χ1) is 14.3. The van der Waals surface area contributed by atoms with Crippen molar-refractivity contribution in [1.82, 2.24) is 0 Å². The van der Waals surface area contributed by atoms with Gasteiger partial charge in [0.1, 0.15) is 5.00 Å². The average molecular weight is 434 g/mol. The van der Waals surface area contributed by atoms with E-state index in [0.717, 1.165) is 55.4 Å². The maximum absolute atomic E-state index is 13.2. The Morgan fingerprint density at radius 1 is 1.17 bits per heavy atom. The smallest absolute Gasteiger partial charge is 0.341 e. The number of carboxylic acid groups (broad SMARTS) is 1. The number of amides is 1. The Bertz CT molecular complexity index is 860. The van der Waals surface area contributed by atoms with Gasteiger partial charge in [-0.1, -0.05) is 13.3 Å². The molecule has 1 amide bonds. The minimum absolute atomic E-state index is 0.0930. The van der Waals surface area contributed by atoms with E-state index in [2.05, 4.69) is 12.2 Å². The Morgan fingerprint density at radius 3 is 2.50 bits per heavy atom. The van der Waals surface area contributed by atoms with Crippen LogP contribution in [0.5, 0.6) is 0 Å². The molecule has 1 heterocycles. The summed E-state index contributed by atoms with van der Waals surface area (Å²) in [5, 5.41) is 13.2. The third kappa shape index (κ3) is 3.77. The van der Waals surface area contributed by atoms with Gasteiger partial charge in [0.25, 0.3) is 0 Å². The van der Waals surface area contributed by atoms with E-state index in [1.54, 1.807) is 0 Å². The second-order valence-corrected chi connectivity index (χ2v) is 10.5. The first-order valence-electron chi connectivity index (χ1n) is 11.2. The third-order valence-electron chi connectivity index (χ3n) is 7.23. The van der Waals surface area contributed by atoms with Gasteiger partial charge in [-0.15, -0.1) is 11.3 Å². The van der Waals surface area contributed by atoms with Crippen LogP contribution in [0.3, 0.4) is 0 Å². The Kier molecular flexibility index (Phi) is 5.93. The van der Waals surface area contributed by atoms with Gasteiger partial charge in [0.15, 0.2) is 0 Å². The first-order valence-corrected chi connectivity index (χ1v) is 12.0. The highest BCUT2D eigenvalue weighted by atomic mass is 32.1. The van der Waals surface area contributed by atoms with Crippen LogP contribution in [0, 0.1) is 29.6 Å². The van der Waals surface area contributed by atoms with Crippen LogP contribution >= 0.6 is 11.3 Å². The van der Waals surface area contributed by atoms with E-state index in [1.165, 1.54) is 11.3 Å². The summed E-state index contributed by atoms with van der Waals surface area (Å²) in [7, 11) is 0. The summed E-state index contributed by atoms with van der Waals surface area (Å²) in [5.41, 5.74) is 1.50. The molecule has 0 saturated heterocycles. The molecule has 3 aliphatic carbocycles. The maximum Gasteiger partial charge on any atom is 0.341 e. The van der Waals surface area contributed by atoms with Crippen LogP contribution < -0.4 is 5.32 Å². The molecule has 0 aliphatic heterocycles. The molecular weight excluding hydrogens is 402 g/mol. The molecule has 6 nitrogen and oxygen atoms in total. The number of hydrogen-bond donors (Lipinski definition) is 2. The number of fused-ring (bicyclic) bond motifs is 3. The normalized spacial score (nSPS) is 29.7. The van der Waals surface area contributed by atoms with Crippen molar-refractivity contribution < 1.29 is 24.2 Å². The molecule has 1 aromatic heterocycles. The van der Waals surface area contributed by atoms with Crippen molar-refractivity contribution in [3.63, 3.8) is 0 Å². The first kappa shape index (κ1) is 21.3. The Labute approximate surface area is 181 Å². The number of hydrogen-bond acceptors (Lipinski definition) is 5. The highest BCUT2D eigenvalue weighted by Crippen LogP contribution is 2.53. The lowest BCUT2D eigenvalue weighted by molar-refractivity contribution is -0.148. The van der Waals surface area contributed by atoms with Crippen molar-refractivity contribution in [3.8, 4) is 0 Å². The quantitative estimate of drug-likeness (QED) is 0.644. The van der Waals surface area contributed by atoms with E-state index in [-0.39, 0.29) is 23.8 Å². The molecule has 164 valence electrons. The zero-order valence-electron chi connectivity index (χ0n) is 17.9. The average Bonchev–Trinajstić information content (AvgIpc) is 3.38. The number of thiophene rings is 1. The van der Waals surface area contributed by atoms with Crippen molar-refractivity contribution in [1.29, 1.82) is 0 Å². The molecule has 0 radical (unpaired) electrons. The number of ether oxygens (including phenoxy) is 1. The molecule has 5 atom stereocenters. The largest absolute Gasteiger partial charge is 0.481 e. The molecule has 30 heavy (non-hydrogen) atoms. The summed E-state index contributed by atoms with van der Waals surface area (Å²) in [6.45, 7) is 5.81. The van der Waals surface area contributed by atoms with Crippen molar-refractivity contribution in [2.24, 2.45) is 29.6 Å². The SMILES string of the molecule is CC[C@H]1CCc2c(sc(NC(=O)[C@@H]3[C@@H]4CC[C@@H](C4)[C@@H]3C(=O)O)c2C(=O)OC(C)C)C1. The molecule has 2 bridgehead atoms. The number of nitrogens with one attached hydrogen (secondary N) is 1. The van der Waals surface area contributed by atoms with Gasteiger partial charge in [0, 0.05) is 4.88 Å². The third-order valence-corrected chi connectivity index (χ3v) is 8.40. The topological polar surface area (TPSA) is 92.7 Å². The molecule has 0 unspecified atom stereocenters. The van der Waals surface area contributed by atoms with Crippen LogP contribution in [0.4, 0.5) is 5.00 Å². The fourth-order valence-corrected chi connectivity index (χ4v) is 7.15. The van der Waals surface area contributed by atoms with Gasteiger partial charge < -0.3 is 15.2 Å². The number of esters is 1.